The normalized spacial score (nSPS) is 11.3. The number of aryl methyl sites for hydroxylation is 1. The van der Waals surface area contributed by atoms with Crippen LogP contribution in [0.5, 0.6) is 0 Å². The van der Waals surface area contributed by atoms with Gasteiger partial charge in [0.05, 0.1) is 10.8 Å². The van der Waals surface area contributed by atoms with E-state index in [1.807, 2.05) is 19.1 Å². The van der Waals surface area contributed by atoms with E-state index in [4.69, 9.17) is 11.6 Å². The molecule has 0 aliphatic carbocycles. The third-order valence-electron chi connectivity index (χ3n) is 3.19. The molecule has 1 amide bonds. The number of carbonyl (C=O) groups is 1. The van der Waals surface area contributed by atoms with Crippen molar-refractivity contribution in [2.24, 2.45) is 0 Å². The molecule has 0 fully saturated rings. The molecule has 7 heteroatoms. The predicted octanol–water partition coefficient (Wildman–Crippen LogP) is 3.34. The molecule has 23 heavy (non-hydrogen) atoms. The third kappa shape index (κ3) is 5.04. The van der Waals surface area contributed by atoms with Gasteiger partial charge in [-0.25, -0.2) is 12.8 Å². The smallest absolute Gasteiger partial charge is 0.239 e. The zero-order chi connectivity index (χ0) is 17.0. The van der Waals surface area contributed by atoms with Gasteiger partial charge in [0.25, 0.3) is 0 Å². The zero-order valence-electron chi connectivity index (χ0n) is 12.3. The first-order valence-electron chi connectivity index (χ1n) is 6.77. The molecule has 0 aliphatic heterocycles. The first kappa shape index (κ1) is 17.4. The largest absolute Gasteiger partial charge is 0.325 e. The molecule has 0 unspecified atom stereocenters. The fourth-order valence-electron chi connectivity index (χ4n) is 2.03. The van der Waals surface area contributed by atoms with Crippen molar-refractivity contribution in [3.63, 3.8) is 0 Å². The fourth-order valence-corrected chi connectivity index (χ4v) is 3.58. The first-order chi connectivity index (χ1) is 10.8. The molecule has 0 heterocycles. The number of hydrogen-bond donors (Lipinski definition) is 1. The van der Waals surface area contributed by atoms with Crippen LogP contribution in [0.25, 0.3) is 0 Å². The predicted molar refractivity (Wildman–Crippen MR) is 88.7 cm³/mol. The summed E-state index contributed by atoms with van der Waals surface area (Å²) in [5.41, 5.74) is 1.75. The topological polar surface area (TPSA) is 63.2 Å². The monoisotopic (exact) mass is 355 g/mol. The van der Waals surface area contributed by atoms with E-state index >= 15 is 0 Å². The van der Waals surface area contributed by atoms with Crippen molar-refractivity contribution < 1.29 is 17.6 Å². The van der Waals surface area contributed by atoms with Crippen LogP contribution in [0.3, 0.4) is 0 Å². The highest BCUT2D eigenvalue weighted by Gasteiger charge is 2.18. The Hall–Kier alpha value is -1.92. The molecule has 0 saturated carbocycles. The van der Waals surface area contributed by atoms with Crippen molar-refractivity contribution in [3.05, 3.63) is 64.4 Å². The summed E-state index contributed by atoms with van der Waals surface area (Å²) in [4.78, 5) is 11.9. The quantitative estimate of drug-likeness (QED) is 0.894. The van der Waals surface area contributed by atoms with Gasteiger partial charge in [-0.1, -0.05) is 35.9 Å². The molecule has 1 N–H and O–H groups in total. The summed E-state index contributed by atoms with van der Waals surface area (Å²) in [6.45, 7) is 1.81. The number of rotatable bonds is 5. The highest BCUT2D eigenvalue weighted by atomic mass is 35.5. The van der Waals surface area contributed by atoms with Gasteiger partial charge in [-0.05, 0) is 36.2 Å². The van der Waals surface area contributed by atoms with Crippen molar-refractivity contribution in [1.82, 2.24) is 0 Å². The van der Waals surface area contributed by atoms with E-state index in [2.05, 4.69) is 5.32 Å². The minimum Gasteiger partial charge on any atom is -0.325 e. The Morgan fingerprint density at radius 1 is 1.22 bits per heavy atom. The molecule has 0 spiro atoms. The summed E-state index contributed by atoms with van der Waals surface area (Å²) in [5, 5.41) is 2.25. The molecule has 0 radical (unpaired) electrons. The van der Waals surface area contributed by atoms with Crippen molar-refractivity contribution in [2.75, 3.05) is 11.1 Å². The van der Waals surface area contributed by atoms with Gasteiger partial charge in [0.2, 0.25) is 5.91 Å². The van der Waals surface area contributed by atoms with Crippen LogP contribution in [0.2, 0.25) is 5.02 Å². The second-order valence-electron chi connectivity index (χ2n) is 5.14. The van der Waals surface area contributed by atoms with Gasteiger partial charge in [0.15, 0.2) is 9.84 Å². The van der Waals surface area contributed by atoms with E-state index in [1.165, 1.54) is 12.1 Å². The van der Waals surface area contributed by atoms with Crippen LogP contribution in [0.4, 0.5) is 10.1 Å². The Morgan fingerprint density at radius 3 is 2.57 bits per heavy atom. The molecule has 2 aromatic carbocycles. The Morgan fingerprint density at radius 2 is 1.91 bits per heavy atom. The maximum Gasteiger partial charge on any atom is 0.239 e. The summed E-state index contributed by atoms with van der Waals surface area (Å²) >= 11 is 5.61. The standard InChI is InChI=1S/C16H15ClFNO3S/c1-11-4-2-3-5-12(11)9-23(21,22)10-16(20)19-13-6-7-15(18)14(17)8-13/h2-8H,9-10H2,1H3,(H,19,20). The molecule has 2 aromatic rings. The van der Waals surface area contributed by atoms with Gasteiger partial charge in [0.1, 0.15) is 11.6 Å². The number of nitrogens with one attached hydrogen (secondary N) is 1. The van der Waals surface area contributed by atoms with Gasteiger partial charge < -0.3 is 5.32 Å². The lowest BCUT2D eigenvalue weighted by molar-refractivity contribution is -0.113. The second-order valence-corrected chi connectivity index (χ2v) is 7.61. The van der Waals surface area contributed by atoms with E-state index in [1.54, 1.807) is 12.1 Å². The molecule has 122 valence electrons. The average Bonchev–Trinajstić information content (AvgIpc) is 2.44. The van der Waals surface area contributed by atoms with Crippen molar-refractivity contribution >= 4 is 33.0 Å². The van der Waals surface area contributed by atoms with E-state index < -0.39 is 27.3 Å². The zero-order valence-corrected chi connectivity index (χ0v) is 13.9. The summed E-state index contributed by atoms with van der Waals surface area (Å²) in [6.07, 6.45) is 0. The summed E-state index contributed by atoms with van der Waals surface area (Å²) in [7, 11) is -3.61. The van der Waals surface area contributed by atoms with Crippen LogP contribution in [0.15, 0.2) is 42.5 Å². The molecule has 2 rings (SSSR count). The maximum atomic E-state index is 13.0. The highest BCUT2D eigenvalue weighted by Crippen LogP contribution is 2.19. The molecule has 0 aliphatic rings. The molecule has 4 nitrogen and oxygen atoms in total. The molecule has 0 atom stereocenters. The third-order valence-corrected chi connectivity index (χ3v) is 4.93. The second kappa shape index (κ2) is 7.10. The van der Waals surface area contributed by atoms with Crippen molar-refractivity contribution in [2.45, 2.75) is 12.7 Å². The van der Waals surface area contributed by atoms with E-state index in [-0.39, 0.29) is 16.5 Å². The fraction of sp³-hybridized carbons (Fsp3) is 0.188. The Kier molecular flexibility index (Phi) is 5.38. The number of sulfone groups is 1. The number of halogens is 2. The number of carbonyl (C=O) groups excluding carboxylic acids is 1. The van der Waals surface area contributed by atoms with Gasteiger partial charge in [-0.3, -0.25) is 4.79 Å². The Balaban J connectivity index is 2.03. The van der Waals surface area contributed by atoms with Gasteiger partial charge in [0, 0.05) is 5.69 Å². The number of hydrogen-bond acceptors (Lipinski definition) is 3. The van der Waals surface area contributed by atoms with Crippen LogP contribution < -0.4 is 5.32 Å². The lowest BCUT2D eigenvalue weighted by Gasteiger charge is -2.08. The summed E-state index contributed by atoms with van der Waals surface area (Å²) < 4.78 is 37.3. The van der Waals surface area contributed by atoms with Gasteiger partial charge in [-0.2, -0.15) is 0 Å². The van der Waals surface area contributed by atoms with E-state index in [0.29, 0.717) is 5.56 Å². The van der Waals surface area contributed by atoms with Crippen LogP contribution in [-0.4, -0.2) is 20.1 Å². The minimum atomic E-state index is -3.61. The lowest BCUT2D eigenvalue weighted by Crippen LogP contribution is -2.24. The van der Waals surface area contributed by atoms with Crippen LogP contribution >= 0.6 is 11.6 Å². The maximum absolute atomic E-state index is 13.0. The Bertz CT molecular complexity index is 837. The SMILES string of the molecule is Cc1ccccc1CS(=O)(=O)CC(=O)Nc1ccc(F)c(Cl)c1. The molecule has 0 aromatic heterocycles. The van der Waals surface area contributed by atoms with Gasteiger partial charge >= 0.3 is 0 Å². The number of amides is 1. The summed E-state index contributed by atoms with van der Waals surface area (Å²) in [6, 6.07) is 10.7. The Labute approximate surface area is 139 Å². The van der Waals surface area contributed by atoms with Crippen molar-refractivity contribution in [3.8, 4) is 0 Å². The van der Waals surface area contributed by atoms with Crippen LogP contribution in [-0.2, 0) is 20.4 Å². The number of benzene rings is 2. The molecular weight excluding hydrogens is 341 g/mol. The van der Waals surface area contributed by atoms with Gasteiger partial charge in [-0.15, -0.1) is 0 Å². The molecular formula is C16H15ClFNO3S. The lowest BCUT2D eigenvalue weighted by atomic mass is 10.1. The van der Waals surface area contributed by atoms with Crippen molar-refractivity contribution in [1.29, 1.82) is 0 Å². The molecule has 0 bridgehead atoms. The minimum absolute atomic E-state index is 0.148. The van der Waals surface area contributed by atoms with Crippen LogP contribution in [0.1, 0.15) is 11.1 Å². The molecule has 0 saturated heterocycles. The number of anilines is 1. The first-order valence-corrected chi connectivity index (χ1v) is 8.96. The van der Waals surface area contributed by atoms with Crippen LogP contribution in [0, 0.1) is 12.7 Å². The summed E-state index contributed by atoms with van der Waals surface area (Å²) in [5.74, 6) is -2.17. The average molecular weight is 356 g/mol. The van der Waals surface area contributed by atoms with E-state index in [0.717, 1.165) is 11.6 Å². The van der Waals surface area contributed by atoms with E-state index in [9.17, 15) is 17.6 Å². The highest BCUT2D eigenvalue weighted by molar-refractivity contribution is 7.91.